The van der Waals surface area contributed by atoms with Gasteiger partial charge in [0.05, 0.1) is 0 Å². The Labute approximate surface area is 187 Å². The molecule has 3 rings (SSSR count). The zero-order valence-electron chi connectivity index (χ0n) is 17.4. The predicted octanol–water partition coefficient (Wildman–Crippen LogP) is 8.78. The van der Waals surface area contributed by atoms with Crippen LogP contribution in [0.5, 0.6) is 5.75 Å². The molecule has 30 heavy (non-hydrogen) atoms. The third kappa shape index (κ3) is 4.12. The summed E-state index contributed by atoms with van der Waals surface area (Å²) in [6, 6.07) is 12.0. The van der Waals surface area contributed by atoms with Crippen LogP contribution in [0.2, 0.25) is 0 Å². The van der Waals surface area contributed by atoms with Crippen molar-refractivity contribution in [3.63, 3.8) is 0 Å². The van der Waals surface area contributed by atoms with Gasteiger partial charge in [0.1, 0.15) is 0 Å². The van der Waals surface area contributed by atoms with E-state index in [9.17, 15) is 13.2 Å². The Hall–Kier alpha value is -1.20. The van der Waals surface area contributed by atoms with E-state index in [0.717, 1.165) is 21.1 Å². The average molecular weight is 491 g/mol. The summed E-state index contributed by atoms with van der Waals surface area (Å²) in [6.45, 7) is 10.2. The normalized spacial score (nSPS) is 17.0. The molecule has 1 aliphatic carbocycles. The number of halogens is 5. The van der Waals surface area contributed by atoms with Gasteiger partial charge in [-0.2, -0.15) is 0 Å². The van der Waals surface area contributed by atoms with Crippen LogP contribution in [-0.2, 0) is 21.0 Å². The fourth-order valence-electron chi connectivity index (χ4n) is 4.11. The Morgan fingerprint density at radius 3 is 1.90 bits per heavy atom. The van der Waals surface area contributed by atoms with Gasteiger partial charge < -0.3 is 0 Å². The molecule has 0 aromatic heterocycles. The van der Waals surface area contributed by atoms with Crippen LogP contribution in [0.1, 0.15) is 40.2 Å². The maximum atomic E-state index is 13.6. The van der Waals surface area contributed by atoms with E-state index in [2.05, 4.69) is 13.8 Å². The summed E-state index contributed by atoms with van der Waals surface area (Å²) in [5.41, 5.74) is 2.57. The van der Waals surface area contributed by atoms with Crippen molar-refractivity contribution < 1.29 is 31.3 Å². The van der Waals surface area contributed by atoms with Crippen molar-refractivity contribution in [2.45, 2.75) is 40.8 Å². The van der Waals surface area contributed by atoms with Gasteiger partial charge in [-0.25, -0.2) is 0 Å². The predicted molar refractivity (Wildman–Crippen MR) is 114 cm³/mol. The number of benzene rings is 2. The molecule has 0 amide bonds. The zero-order valence-corrected chi connectivity index (χ0v) is 20.5. The Morgan fingerprint density at radius 2 is 1.37 bits per heavy atom. The third-order valence-corrected chi connectivity index (χ3v) is 11.4. The second-order valence-electron chi connectivity index (χ2n) is 8.03. The van der Waals surface area contributed by atoms with E-state index in [1.54, 1.807) is 30.3 Å². The second-order valence-corrected chi connectivity index (χ2v) is 15.9. The van der Waals surface area contributed by atoms with Crippen molar-refractivity contribution in [2.75, 3.05) is 0 Å². The molecule has 1 aliphatic rings. The van der Waals surface area contributed by atoms with E-state index in [1.807, 2.05) is 20.8 Å². The molecule has 0 saturated carbocycles. The van der Waals surface area contributed by atoms with E-state index >= 15 is 0 Å². The molecule has 0 saturated heterocycles. The summed E-state index contributed by atoms with van der Waals surface area (Å²) >= 11 is -4.14. The van der Waals surface area contributed by atoms with Gasteiger partial charge in [-0.15, -0.1) is 0 Å². The SMILES string of the molecule is CC1=C(C)C(C)(C)[C]([Ti]([Cl])([Cl])[O]c2ccccc2-c2ccccc2C(F)(F)F)=C1C. The Balaban J connectivity index is 2.10. The molecule has 0 radical (unpaired) electrons. The van der Waals surface area contributed by atoms with Crippen LogP contribution in [0.25, 0.3) is 11.1 Å². The summed E-state index contributed by atoms with van der Waals surface area (Å²) in [5.74, 6) is 0.262. The second kappa shape index (κ2) is 8.05. The average Bonchev–Trinajstić information content (AvgIpc) is 2.80. The first kappa shape index (κ1) is 23.5. The van der Waals surface area contributed by atoms with Crippen LogP contribution >= 0.6 is 18.6 Å². The monoisotopic (exact) mass is 490 g/mol. The molecule has 2 aromatic rings. The van der Waals surface area contributed by atoms with Crippen molar-refractivity contribution in [1.82, 2.24) is 0 Å². The van der Waals surface area contributed by atoms with Crippen LogP contribution < -0.4 is 3.32 Å². The number of allylic oxidation sites excluding steroid dienone is 4. The minimum absolute atomic E-state index is 0.0361. The molecule has 7 heteroatoms. The molecule has 1 nitrogen and oxygen atoms in total. The van der Waals surface area contributed by atoms with Gasteiger partial charge in [0.2, 0.25) is 0 Å². The quantitative estimate of drug-likeness (QED) is 0.389. The molecule has 0 aliphatic heterocycles. The van der Waals surface area contributed by atoms with Gasteiger partial charge in [-0.1, -0.05) is 0 Å². The Morgan fingerprint density at radius 1 is 0.833 bits per heavy atom. The van der Waals surface area contributed by atoms with Crippen molar-refractivity contribution in [3.8, 4) is 16.9 Å². The summed E-state index contributed by atoms with van der Waals surface area (Å²) < 4.78 is 47.9. The molecule has 0 fully saturated rings. The van der Waals surface area contributed by atoms with Crippen molar-refractivity contribution >= 4 is 18.6 Å². The topological polar surface area (TPSA) is 9.23 Å². The summed E-state index contributed by atoms with van der Waals surface area (Å²) in [5, 5.41) is 0. The van der Waals surface area contributed by atoms with Crippen LogP contribution in [0, 0.1) is 5.41 Å². The van der Waals surface area contributed by atoms with Crippen molar-refractivity contribution in [3.05, 3.63) is 74.7 Å². The minimum atomic E-state index is -4.49. The van der Waals surface area contributed by atoms with Gasteiger partial charge in [0, 0.05) is 0 Å². The number of para-hydroxylation sites is 1. The molecule has 0 heterocycles. The summed E-state index contributed by atoms with van der Waals surface area (Å²) in [4.78, 5) is 0. The molecule has 2 aromatic carbocycles. The molecule has 160 valence electrons. The fourth-order valence-corrected chi connectivity index (χ4v) is 11.2. The van der Waals surface area contributed by atoms with E-state index in [4.69, 9.17) is 21.9 Å². The first-order valence-corrected chi connectivity index (χ1v) is 15.2. The molecular weight excluding hydrogens is 468 g/mol. The van der Waals surface area contributed by atoms with Gasteiger partial charge in [0.25, 0.3) is 0 Å². The number of hydrogen-bond acceptors (Lipinski definition) is 1. The van der Waals surface area contributed by atoms with E-state index in [-0.39, 0.29) is 16.7 Å². The number of hydrogen-bond donors (Lipinski definition) is 0. The number of rotatable bonds is 4. The van der Waals surface area contributed by atoms with E-state index < -0.39 is 26.6 Å². The van der Waals surface area contributed by atoms with Crippen LogP contribution in [0.3, 0.4) is 0 Å². The standard InChI is InChI=1S/C13H9F3O.C10H15.2ClH.Ti/c14-13(15,16)11-7-3-1-5-9(11)10-6-2-4-8-12(10)17;1-7-6-10(4,5)9(3)8(7)2;;;/h1-8,17H;1-5H3;2*1H;/q;;;;+3/p-3. The van der Waals surface area contributed by atoms with E-state index in [1.165, 1.54) is 17.7 Å². The molecule has 0 atom stereocenters. The molecule has 0 unspecified atom stereocenters. The van der Waals surface area contributed by atoms with E-state index in [0.29, 0.717) is 5.56 Å². The molecule has 0 spiro atoms. The fraction of sp³-hybridized carbons (Fsp3) is 0.304. The van der Waals surface area contributed by atoms with Crippen LogP contribution in [0.15, 0.2) is 69.1 Å². The van der Waals surface area contributed by atoms with Gasteiger partial charge >= 0.3 is 188 Å². The molecule has 0 N–H and O–H groups in total. The summed E-state index contributed by atoms with van der Waals surface area (Å²) in [6.07, 6.45) is -4.49. The first-order valence-electron chi connectivity index (χ1n) is 9.51. The summed E-state index contributed by atoms with van der Waals surface area (Å²) in [7, 11) is 13.8. The van der Waals surface area contributed by atoms with Gasteiger partial charge in [-0.05, 0) is 0 Å². The van der Waals surface area contributed by atoms with Crippen LogP contribution in [0.4, 0.5) is 13.2 Å². The molecule has 0 bridgehead atoms. The Bertz CT molecular complexity index is 1050. The zero-order chi connectivity index (χ0) is 22.5. The van der Waals surface area contributed by atoms with Crippen molar-refractivity contribution in [1.29, 1.82) is 0 Å². The van der Waals surface area contributed by atoms with Gasteiger partial charge in [0.15, 0.2) is 0 Å². The van der Waals surface area contributed by atoms with Crippen LogP contribution in [-0.4, -0.2) is 0 Å². The first-order chi connectivity index (χ1) is 13.8. The maximum absolute atomic E-state index is 13.6. The Kier molecular flexibility index (Phi) is 6.30. The van der Waals surface area contributed by atoms with Gasteiger partial charge in [-0.3, -0.25) is 0 Å². The molecular formula is C23H23Cl2F3OTi. The number of alkyl halides is 3. The third-order valence-electron chi connectivity index (χ3n) is 6.00. The van der Waals surface area contributed by atoms with Crippen molar-refractivity contribution in [2.24, 2.45) is 5.41 Å².